The molecule has 1 aromatic carbocycles. The summed E-state index contributed by atoms with van der Waals surface area (Å²) in [5, 5.41) is 12.2. The molecule has 118 valence electrons. The lowest BCUT2D eigenvalue weighted by Crippen LogP contribution is -2.28. The molecule has 0 fully saturated rings. The summed E-state index contributed by atoms with van der Waals surface area (Å²) in [6, 6.07) is 6.14. The molecule has 4 nitrogen and oxygen atoms in total. The van der Waals surface area contributed by atoms with Crippen LogP contribution in [0, 0.1) is 0 Å². The second kappa shape index (κ2) is 6.65. The number of aliphatic hydroxyl groups excluding tert-OH is 1. The zero-order valence-electron chi connectivity index (χ0n) is 11.4. The molecule has 0 aliphatic rings. The van der Waals surface area contributed by atoms with Gasteiger partial charge in [-0.2, -0.15) is 13.2 Å². The van der Waals surface area contributed by atoms with E-state index in [4.69, 9.17) is 4.42 Å². The van der Waals surface area contributed by atoms with Crippen molar-refractivity contribution in [3.63, 3.8) is 0 Å². The fraction of sp³-hybridized carbons (Fsp3) is 0.267. The number of hydrogen-bond acceptors (Lipinski definition) is 3. The summed E-state index contributed by atoms with van der Waals surface area (Å²) in [7, 11) is 0. The van der Waals surface area contributed by atoms with Gasteiger partial charge in [-0.1, -0.05) is 12.1 Å². The molecule has 1 heterocycles. The zero-order chi connectivity index (χ0) is 16.2. The van der Waals surface area contributed by atoms with E-state index in [-0.39, 0.29) is 13.0 Å². The lowest BCUT2D eigenvalue weighted by atomic mass is 10.1. The van der Waals surface area contributed by atoms with E-state index in [1.54, 1.807) is 6.07 Å². The molecular weight excluding hydrogens is 299 g/mol. The highest BCUT2D eigenvalue weighted by molar-refractivity contribution is 5.95. The standard InChI is InChI=1S/C15H14F3NO3/c16-15(17,18)12-4-2-1-3-11(12)14(21)19-7-5-13(20)10-6-8-22-9-10/h1-4,6,8-9,13,20H,5,7H2,(H,19,21). The van der Waals surface area contributed by atoms with Gasteiger partial charge in [0.1, 0.15) is 0 Å². The number of carbonyl (C=O) groups excluding carboxylic acids is 1. The van der Waals surface area contributed by atoms with E-state index in [2.05, 4.69) is 5.32 Å². The Kier molecular flexibility index (Phi) is 4.87. The molecule has 0 aliphatic heterocycles. The van der Waals surface area contributed by atoms with Gasteiger partial charge in [0, 0.05) is 12.1 Å². The molecule has 1 amide bonds. The highest BCUT2D eigenvalue weighted by atomic mass is 19.4. The summed E-state index contributed by atoms with van der Waals surface area (Å²) >= 11 is 0. The molecule has 1 aromatic heterocycles. The van der Waals surface area contributed by atoms with Gasteiger partial charge >= 0.3 is 6.18 Å². The molecule has 2 N–H and O–H groups in total. The smallest absolute Gasteiger partial charge is 0.417 e. The first-order chi connectivity index (χ1) is 10.4. The van der Waals surface area contributed by atoms with Crippen LogP contribution in [-0.2, 0) is 6.18 Å². The Bertz CT molecular complexity index is 623. The van der Waals surface area contributed by atoms with Crippen LogP contribution >= 0.6 is 0 Å². The molecule has 22 heavy (non-hydrogen) atoms. The van der Waals surface area contributed by atoms with Gasteiger partial charge < -0.3 is 14.8 Å². The molecule has 0 saturated carbocycles. The van der Waals surface area contributed by atoms with Crippen molar-refractivity contribution in [2.45, 2.75) is 18.7 Å². The van der Waals surface area contributed by atoms with Crippen LogP contribution in [0.25, 0.3) is 0 Å². The van der Waals surface area contributed by atoms with Crippen molar-refractivity contribution in [2.75, 3.05) is 6.54 Å². The van der Waals surface area contributed by atoms with Crippen LogP contribution in [0.4, 0.5) is 13.2 Å². The van der Waals surface area contributed by atoms with Gasteiger partial charge in [-0.05, 0) is 24.6 Å². The van der Waals surface area contributed by atoms with Crippen LogP contribution in [0.1, 0.15) is 34.0 Å². The average molecular weight is 313 g/mol. The van der Waals surface area contributed by atoms with Gasteiger partial charge in [0.15, 0.2) is 0 Å². The third-order valence-corrected chi connectivity index (χ3v) is 3.11. The quantitative estimate of drug-likeness (QED) is 0.891. The SMILES string of the molecule is O=C(NCCC(O)c1ccoc1)c1ccccc1C(F)(F)F. The fourth-order valence-electron chi connectivity index (χ4n) is 1.98. The van der Waals surface area contributed by atoms with Gasteiger partial charge in [0.05, 0.1) is 29.8 Å². The lowest BCUT2D eigenvalue weighted by Gasteiger charge is -2.13. The number of halogens is 3. The highest BCUT2D eigenvalue weighted by Gasteiger charge is 2.34. The minimum Gasteiger partial charge on any atom is -0.472 e. The molecule has 0 saturated heterocycles. The monoisotopic (exact) mass is 313 g/mol. The predicted octanol–water partition coefficient (Wildman–Crippen LogP) is 3.15. The van der Waals surface area contributed by atoms with Gasteiger partial charge in [0.25, 0.3) is 5.91 Å². The lowest BCUT2D eigenvalue weighted by molar-refractivity contribution is -0.137. The maximum atomic E-state index is 12.8. The third kappa shape index (κ3) is 3.88. The van der Waals surface area contributed by atoms with Crippen LogP contribution in [0.5, 0.6) is 0 Å². The number of alkyl halides is 3. The van der Waals surface area contributed by atoms with Gasteiger partial charge in [-0.15, -0.1) is 0 Å². The first-order valence-electron chi connectivity index (χ1n) is 6.54. The Morgan fingerprint density at radius 3 is 2.64 bits per heavy atom. The first-order valence-corrected chi connectivity index (χ1v) is 6.54. The summed E-state index contributed by atoms with van der Waals surface area (Å²) in [6.45, 7) is 0.0391. The van der Waals surface area contributed by atoms with Gasteiger partial charge in [-0.3, -0.25) is 4.79 Å². The number of benzene rings is 1. The number of nitrogens with one attached hydrogen (secondary N) is 1. The Morgan fingerprint density at radius 2 is 2.00 bits per heavy atom. The Morgan fingerprint density at radius 1 is 1.27 bits per heavy atom. The van der Waals surface area contributed by atoms with Crippen molar-refractivity contribution in [1.82, 2.24) is 5.32 Å². The van der Waals surface area contributed by atoms with Crippen LogP contribution < -0.4 is 5.32 Å². The summed E-state index contributed by atoms with van der Waals surface area (Å²) in [4.78, 5) is 11.9. The van der Waals surface area contributed by atoms with Crippen molar-refractivity contribution >= 4 is 5.91 Å². The van der Waals surface area contributed by atoms with Crippen LogP contribution in [0.15, 0.2) is 47.3 Å². The Hall–Kier alpha value is -2.28. The highest BCUT2D eigenvalue weighted by Crippen LogP contribution is 2.31. The van der Waals surface area contributed by atoms with E-state index in [1.165, 1.54) is 24.7 Å². The van der Waals surface area contributed by atoms with Crippen molar-refractivity contribution in [2.24, 2.45) is 0 Å². The number of amides is 1. The summed E-state index contributed by atoms with van der Waals surface area (Å²) in [6.07, 6.45) is -2.51. The zero-order valence-corrected chi connectivity index (χ0v) is 11.4. The fourth-order valence-corrected chi connectivity index (χ4v) is 1.98. The van der Waals surface area contributed by atoms with E-state index in [9.17, 15) is 23.1 Å². The van der Waals surface area contributed by atoms with Crippen LogP contribution in [0.3, 0.4) is 0 Å². The Balaban J connectivity index is 1.96. The molecule has 1 atom stereocenters. The normalized spacial score (nSPS) is 12.9. The van der Waals surface area contributed by atoms with Crippen molar-refractivity contribution in [1.29, 1.82) is 0 Å². The molecule has 0 radical (unpaired) electrons. The minimum absolute atomic E-state index is 0.0391. The number of carbonyl (C=O) groups is 1. The maximum Gasteiger partial charge on any atom is 0.417 e. The molecule has 2 aromatic rings. The van der Waals surface area contributed by atoms with Crippen molar-refractivity contribution in [3.8, 4) is 0 Å². The largest absolute Gasteiger partial charge is 0.472 e. The van der Waals surface area contributed by atoms with E-state index in [0.29, 0.717) is 5.56 Å². The third-order valence-electron chi connectivity index (χ3n) is 3.11. The van der Waals surface area contributed by atoms with Gasteiger partial charge in [-0.25, -0.2) is 0 Å². The second-order valence-corrected chi connectivity index (χ2v) is 4.66. The van der Waals surface area contributed by atoms with E-state index in [1.807, 2.05) is 0 Å². The molecule has 0 aliphatic carbocycles. The number of rotatable bonds is 5. The molecule has 0 spiro atoms. The number of hydrogen-bond donors (Lipinski definition) is 2. The van der Waals surface area contributed by atoms with E-state index >= 15 is 0 Å². The van der Waals surface area contributed by atoms with Crippen LogP contribution in [-0.4, -0.2) is 17.6 Å². The molecule has 1 unspecified atom stereocenters. The van der Waals surface area contributed by atoms with Crippen molar-refractivity contribution in [3.05, 3.63) is 59.5 Å². The van der Waals surface area contributed by atoms with Gasteiger partial charge in [0.2, 0.25) is 0 Å². The topological polar surface area (TPSA) is 62.5 Å². The van der Waals surface area contributed by atoms with Crippen molar-refractivity contribution < 1.29 is 27.5 Å². The molecule has 7 heteroatoms. The second-order valence-electron chi connectivity index (χ2n) is 4.66. The van der Waals surface area contributed by atoms with Crippen LogP contribution in [0.2, 0.25) is 0 Å². The molecular formula is C15H14F3NO3. The molecule has 2 rings (SSSR count). The average Bonchev–Trinajstić information content (AvgIpc) is 3.00. The maximum absolute atomic E-state index is 12.8. The number of aliphatic hydroxyl groups is 1. The minimum atomic E-state index is -4.59. The molecule has 0 bridgehead atoms. The first kappa shape index (κ1) is 16.1. The predicted molar refractivity (Wildman–Crippen MR) is 72.1 cm³/mol. The summed E-state index contributed by atoms with van der Waals surface area (Å²) in [5.41, 5.74) is -0.874. The number of furan rings is 1. The summed E-state index contributed by atoms with van der Waals surface area (Å²) in [5.74, 6) is -0.827. The summed E-state index contributed by atoms with van der Waals surface area (Å²) < 4.78 is 43.3. The van der Waals surface area contributed by atoms with E-state index in [0.717, 1.165) is 12.1 Å². The van der Waals surface area contributed by atoms with E-state index < -0.39 is 29.3 Å². The Labute approximate surface area is 124 Å².